The highest BCUT2D eigenvalue weighted by Gasteiger charge is 2.21. The maximum atomic E-state index is 6.04. The lowest BCUT2D eigenvalue weighted by Gasteiger charge is -2.27. The van der Waals surface area contributed by atoms with Crippen LogP contribution in [0.25, 0.3) is 15.8 Å². The largest absolute Gasteiger partial charge is 0.232 e. The minimum atomic E-state index is 0.510. The number of benzene rings is 1. The summed E-state index contributed by atoms with van der Waals surface area (Å²) in [4.78, 5) is 1.22. The van der Waals surface area contributed by atoms with Gasteiger partial charge in [-0.25, -0.2) is 5.01 Å². The van der Waals surface area contributed by atoms with Gasteiger partial charge in [0.15, 0.2) is 0 Å². The van der Waals surface area contributed by atoms with Gasteiger partial charge in [0, 0.05) is 4.70 Å². The summed E-state index contributed by atoms with van der Waals surface area (Å²) in [5.74, 6) is 0. The second-order valence-electron chi connectivity index (χ2n) is 4.67. The Bertz CT molecular complexity index is 778. The zero-order valence-corrected chi connectivity index (χ0v) is 12.2. The van der Waals surface area contributed by atoms with Crippen LogP contribution in [-0.2, 0) is 0 Å². The maximum absolute atomic E-state index is 6.04. The molecule has 0 radical (unpaired) electrons. The number of fused-ring (bicyclic) bond motifs is 2. The fourth-order valence-electron chi connectivity index (χ4n) is 2.45. The van der Waals surface area contributed by atoms with E-state index in [9.17, 15) is 0 Å². The average Bonchev–Trinajstić information content (AvgIpc) is 2.90. The molecule has 0 spiro atoms. The Morgan fingerprint density at radius 2 is 2.05 bits per heavy atom. The molecule has 0 atom stereocenters. The topological polar surface area (TPSA) is 15.6 Å². The highest BCUT2D eigenvalue weighted by Crippen LogP contribution is 2.37. The monoisotopic (exact) mass is 298 g/mol. The summed E-state index contributed by atoms with van der Waals surface area (Å²) in [6.45, 7) is 0. The average molecular weight is 299 g/mol. The summed E-state index contributed by atoms with van der Waals surface area (Å²) < 4.78 is 1.29. The predicted molar refractivity (Wildman–Crippen MR) is 86.8 cm³/mol. The standard InChI is InChI=1S/C16H11ClN2S/c17-16-9-8-12-5-3-6-13(19(12)18-16)15-10-11-4-1-2-7-14(11)20-15/h1-2,4-10H,3H2. The normalized spacial score (nSPS) is 17.6. The molecule has 2 aliphatic rings. The van der Waals surface area contributed by atoms with Gasteiger partial charge in [0.25, 0.3) is 0 Å². The lowest BCUT2D eigenvalue weighted by molar-refractivity contribution is 0.529. The Kier molecular flexibility index (Phi) is 2.76. The molecule has 1 aromatic heterocycles. The third-order valence-corrected chi connectivity index (χ3v) is 4.72. The van der Waals surface area contributed by atoms with E-state index < -0.39 is 0 Å². The quantitative estimate of drug-likeness (QED) is 0.727. The van der Waals surface area contributed by atoms with Crippen molar-refractivity contribution in [2.75, 3.05) is 0 Å². The Labute approximate surface area is 126 Å². The number of thiophene rings is 1. The molecule has 0 bridgehead atoms. The van der Waals surface area contributed by atoms with Crippen molar-refractivity contribution in [3.63, 3.8) is 0 Å². The van der Waals surface area contributed by atoms with Crippen molar-refractivity contribution in [1.29, 1.82) is 0 Å². The van der Waals surface area contributed by atoms with Gasteiger partial charge in [-0.3, -0.25) is 0 Å². The molecule has 0 fully saturated rings. The van der Waals surface area contributed by atoms with Gasteiger partial charge in [-0.1, -0.05) is 42.0 Å². The van der Waals surface area contributed by atoms with Crippen LogP contribution >= 0.6 is 22.9 Å². The first kappa shape index (κ1) is 11.9. The molecule has 2 nitrogen and oxygen atoms in total. The van der Waals surface area contributed by atoms with E-state index in [1.165, 1.54) is 15.0 Å². The van der Waals surface area contributed by atoms with E-state index >= 15 is 0 Å². The fraction of sp³-hybridized carbons (Fsp3) is 0.0625. The van der Waals surface area contributed by atoms with Crippen molar-refractivity contribution in [2.45, 2.75) is 6.42 Å². The molecule has 4 rings (SSSR count). The molecule has 0 N–H and O–H groups in total. The minimum Gasteiger partial charge on any atom is -0.232 e. The first-order valence-electron chi connectivity index (χ1n) is 6.43. The van der Waals surface area contributed by atoms with Crippen LogP contribution < -0.4 is 0 Å². The van der Waals surface area contributed by atoms with Gasteiger partial charge in [-0.05, 0) is 36.1 Å². The highest BCUT2D eigenvalue weighted by atomic mass is 35.5. The third-order valence-electron chi connectivity index (χ3n) is 3.38. The van der Waals surface area contributed by atoms with Crippen LogP contribution in [0.4, 0.5) is 0 Å². The number of hydrogen-bond acceptors (Lipinski definition) is 3. The van der Waals surface area contributed by atoms with Gasteiger partial charge in [0.2, 0.25) is 0 Å². The molecule has 0 saturated heterocycles. The van der Waals surface area contributed by atoms with Gasteiger partial charge >= 0.3 is 0 Å². The first-order valence-corrected chi connectivity index (χ1v) is 7.62. The van der Waals surface area contributed by atoms with Crippen LogP contribution in [0, 0.1) is 0 Å². The SMILES string of the molecule is ClC1=NN2C(=CCC=C2c2cc3ccccc3s2)C=C1. The van der Waals surface area contributed by atoms with Gasteiger partial charge in [0.1, 0.15) is 5.17 Å². The summed E-state index contributed by atoms with van der Waals surface area (Å²) in [5, 5.41) is 8.14. The Balaban J connectivity index is 1.81. The second-order valence-corrected chi connectivity index (χ2v) is 6.14. The van der Waals surface area contributed by atoms with Gasteiger partial charge < -0.3 is 0 Å². The highest BCUT2D eigenvalue weighted by molar-refractivity contribution is 7.20. The molecule has 20 heavy (non-hydrogen) atoms. The van der Waals surface area contributed by atoms with Crippen LogP contribution in [0.5, 0.6) is 0 Å². The molecule has 2 aromatic rings. The number of nitrogens with zero attached hydrogens (tertiary/aromatic N) is 2. The van der Waals surface area contributed by atoms with Crippen molar-refractivity contribution >= 4 is 43.9 Å². The van der Waals surface area contributed by atoms with Crippen molar-refractivity contribution in [2.24, 2.45) is 5.10 Å². The lowest BCUT2D eigenvalue weighted by Crippen LogP contribution is -2.19. The molecule has 0 aliphatic carbocycles. The third kappa shape index (κ3) is 1.90. The molecular formula is C16H11ClN2S. The van der Waals surface area contributed by atoms with Crippen molar-refractivity contribution in [1.82, 2.24) is 5.01 Å². The second kappa shape index (κ2) is 4.62. The number of hydrogen-bond donors (Lipinski definition) is 0. The van der Waals surface area contributed by atoms with E-state index in [0.29, 0.717) is 5.17 Å². The Morgan fingerprint density at radius 3 is 2.95 bits per heavy atom. The summed E-state index contributed by atoms with van der Waals surface area (Å²) in [7, 11) is 0. The first-order chi connectivity index (χ1) is 9.81. The van der Waals surface area contributed by atoms with Gasteiger partial charge in [-0.15, -0.1) is 11.3 Å². The van der Waals surface area contributed by atoms with Crippen molar-refractivity contribution in [3.05, 3.63) is 65.2 Å². The molecule has 2 aliphatic heterocycles. The van der Waals surface area contributed by atoms with Crippen LogP contribution in [0.3, 0.4) is 0 Å². The number of rotatable bonds is 1. The Morgan fingerprint density at radius 1 is 1.15 bits per heavy atom. The van der Waals surface area contributed by atoms with E-state index in [2.05, 4.69) is 47.6 Å². The number of halogens is 1. The zero-order valence-electron chi connectivity index (χ0n) is 10.6. The minimum absolute atomic E-state index is 0.510. The molecule has 3 heterocycles. The van der Waals surface area contributed by atoms with Crippen LogP contribution in [0.15, 0.2) is 65.4 Å². The summed E-state index contributed by atoms with van der Waals surface area (Å²) in [6.07, 6.45) is 9.11. The molecule has 0 amide bonds. The van der Waals surface area contributed by atoms with Crippen molar-refractivity contribution < 1.29 is 0 Å². The molecular weight excluding hydrogens is 288 g/mol. The molecule has 0 saturated carbocycles. The fourth-order valence-corrected chi connectivity index (χ4v) is 3.68. The van der Waals surface area contributed by atoms with E-state index in [0.717, 1.165) is 17.8 Å². The van der Waals surface area contributed by atoms with Crippen molar-refractivity contribution in [3.8, 4) is 0 Å². The summed E-state index contributed by atoms with van der Waals surface area (Å²) >= 11 is 7.83. The summed E-state index contributed by atoms with van der Waals surface area (Å²) in [6, 6.07) is 10.6. The predicted octanol–water partition coefficient (Wildman–Crippen LogP) is 4.95. The molecule has 1 aromatic carbocycles. The lowest BCUT2D eigenvalue weighted by atomic mass is 10.1. The summed E-state index contributed by atoms with van der Waals surface area (Å²) in [5.41, 5.74) is 2.20. The zero-order chi connectivity index (χ0) is 13.5. The molecule has 98 valence electrons. The van der Waals surface area contributed by atoms with E-state index in [-0.39, 0.29) is 0 Å². The molecule has 4 heteroatoms. The van der Waals surface area contributed by atoms with Crippen LogP contribution in [0.1, 0.15) is 11.3 Å². The smallest absolute Gasteiger partial charge is 0.150 e. The molecule has 0 unspecified atom stereocenters. The maximum Gasteiger partial charge on any atom is 0.150 e. The van der Waals surface area contributed by atoms with E-state index in [4.69, 9.17) is 11.6 Å². The van der Waals surface area contributed by atoms with Gasteiger partial charge in [-0.2, -0.15) is 5.10 Å². The van der Waals surface area contributed by atoms with E-state index in [1.807, 2.05) is 17.2 Å². The van der Waals surface area contributed by atoms with E-state index in [1.54, 1.807) is 11.3 Å². The number of allylic oxidation sites excluding steroid dienone is 4. The Hall–Kier alpha value is -1.84. The van der Waals surface area contributed by atoms with Crippen LogP contribution in [0.2, 0.25) is 0 Å². The number of hydrazone groups is 1. The van der Waals surface area contributed by atoms with Crippen LogP contribution in [-0.4, -0.2) is 10.2 Å². The van der Waals surface area contributed by atoms with Gasteiger partial charge in [0.05, 0.1) is 16.3 Å².